The third-order valence-corrected chi connectivity index (χ3v) is 2.36. The molecule has 1 unspecified atom stereocenters. The second-order valence-corrected chi connectivity index (χ2v) is 3.92. The van der Waals surface area contributed by atoms with Gasteiger partial charge in [0.05, 0.1) is 0 Å². The summed E-state index contributed by atoms with van der Waals surface area (Å²) in [5, 5.41) is 3.31. The lowest BCUT2D eigenvalue weighted by Crippen LogP contribution is -2.18. The molecule has 1 heterocycles. The summed E-state index contributed by atoms with van der Waals surface area (Å²) in [5.41, 5.74) is 0.487. The number of hydrogen-bond donors (Lipinski definition) is 0. The zero-order valence-electron chi connectivity index (χ0n) is 10.3. The van der Waals surface area contributed by atoms with E-state index < -0.39 is 24.2 Å². The van der Waals surface area contributed by atoms with Gasteiger partial charge in [0.25, 0.3) is 5.82 Å². The van der Waals surface area contributed by atoms with Crippen LogP contribution in [0.2, 0.25) is 0 Å². The zero-order chi connectivity index (χ0) is 14.8. The maximum Gasteiger partial charge on any atom is 0.453 e. The lowest BCUT2D eigenvalue weighted by atomic mass is 10.2. The van der Waals surface area contributed by atoms with Gasteiger partial charge in [0, 0.05) is 12.5 Å². The number of aromatic nitrogens is 3. The summed E-state index contributed by atoms with van der Waals surface area (Å²) >= 11 is 0. The van der Waals surface area contributed by atoms with Gasteiger partial charge in [0.1, 0.15) is 6.33 Å². The lowest BCUT2D eigenvalue weighted by Gasteiger charge is -2.17. The predicted molar refractivity (Wildman–Crippen MR) is 61.4 cm³/mol. The Kier molecular flexibility index (Phi) is 3.73. The van der Waals surface area contributed by atoms with Crippen LogP contribution in [0.5, 0.6) is 0 Å². The zero-order valence-corrected chi connectivity index (χ0v) is 10.3. The Bertz CT molecular complexity index is 595. The molecule has 0 aliphatic rings. The van der Waals surface area contributed by atoms with Crippen LogP contribution in [0.15, 0.2) is 36.7 Å². The van der Waals surface area contributed by atoms with Crippen LogP contribution >= 0.6 is 0 Å². The van der Waals surface area contributed by atoms with Gasteiger partial charge < -0.3 is 4.74 Å². The number of alkyl halides is 3. The van der Waals surface area contributed by atoms with Crippen molar-refractivity contribution < 1.29 is 22.7 Å². The Morgan fingerprint density at radius 2 is 1.95 bits per heavy atom. The second-order valence-electron chi connectivity index (χ2n) is 3.92. The molecule has 2 aromatic rings. The molecule has 0 aliphatic heterocycles. The van der Waals surface area contributed by atoms with Gasteiger partial charge in [-0.15, -0.1) is 5.10 Å². The summed E-state index contributed by atoms with van der Waals surface area (Å²) < 4.78 is 43.3. The Balaban J connectivity index is 2.37. The lowest BCUT2D eigenvalue weighted by molar-refractivity contribution is -0.149. The molecule has 0 bridgehead atoms. The summed E-state index contributed by atoms with van der Waals surface area (Å²) in [6.45, 7) is 1.16. The van der Waals surface area contributed by atoms with Gasteiger partial charge in [-0.2, -0.15) is 13.2 Å². The second kappa shape index (κ2) is 5.32. The topological polar surface area (TPSA) is 57.0 Å². The van der Waals surface area contributed by atoms with Crippen LogP contribution in [0, 0.1) is 0 Å². The molecule has 0 spiro atoms. The summed E-state index contributed by atoms with van der Waals surface area (Å²) in [4.78, 5) is 14.3. The van der Waals surface area contributed by atoms with Crippen molar-refractivity contribution in [1.82, 2.24) is 14.8 Å². The van der Waals surface area contributed by atoms with E-state index >= 15 is 0 Å². The Labute approximate surface area is 112 Å². The van der Waals surface area contributed by atoms with Crippen molar-refractivity contribution in [3.05, 3.63) is 48.0 Å². The summed E-state index contributed by atoms with van der Waals surface area (Å²) in [7, 11) is 0. The molecular weight excluding hydrogens is 275 g/mol. The van der Waals surface area contributed by atoms with E-state index in [1.807, 2.05) is 0 Å². The number of rotatable bonds is 3. The molecule has 0 N–H and O–H groups in total. The van der Waals surface area contributed by atoms with Gasteiger partial charge in [0.2, 0.25) is 6.23 Å². The highest BCUT2D eigenvalue weighted by Crippen LogP contribution is 2.27. The van der Waals surface area contributed by atoms with Crippen LogP contribution in [0.3, 0.4) is 0 Å². The SMILES string of the molecule is CC(=O)OC(c1ccccc1)n1cnc(C(F)(F)F)n1. The van der Waals surface area contributed by atoms with Crippen molar-refractivity contribution in [2.75, 3.05) is 0 Å². The van der Waals surface area contributed by atoms with Crippen LogP contribution in [-0.4, -0.2) is 20.7 Å². The van der Waals surface area contributed by atoms with Gasteiger partial charge >= 0.3 is 12.1 Å². The van der Waals surface area contributed by atoms with Crippen LogP contribution in [0.4, 0.5) is 13.2 Å². The van der Waals surface area contributed by atoms with E-state index in [2.05, 4.69) is 10.1 Å². The number of esters is 1. The first-order chi connectivity index (χ1) is 9.38. The van der Waals surface area contributed by atoms with Gasteiger partial charge in [0.15, 0.2) is 0 Å². The molecule has 5 nitrogen and oxygen atoms in total. The standard InChI is InChI=1S/C12H10F3N3O2/c1-8(19)20-10(9-5-3-2-4-6-9)18-7-16-11(17-18)12(13,14)15/h2-7,10H,1H3. The van der Waals surface area contributed by atoms with Gasteiger partial charge in [-0.3, -0.25) is 4.79 Å². The maximum absolute atomic E-state index is 12.5. The number of carbonyl (C=O) groups excluding carboxylic acids is 1. The van der Waals surface area contributed by atoms with Crippen molar-refractivity contribution in [2.45, 2.75) is 19.3 Å². The van der Waals surface area contributed by atoms with Gasteiger partial charge in [-0.05, 0) is 0 Å². The van der Waals surface area contributed by atoms with E-state index in [-0.39, 0.29) is 0 Å². The van der Waals surface area contributed by atoms with Crippen LogP contribution < -0.4 is 0 Å². The number of ether oxygens (including phenoxy) is 1. The first kappa shape index (κ1) is 14.0. The predicted octanol–water partition coefficient (Wildman–Crippen LogP) is 2.41. The van der Waals surface area contributed by atoms with E-state index in [1.54, 1.807) is 30.3 Å². The minimum absolute atomic E-state index is 0.487. The van der Waals surface area contributed by atoms with Crippen molar-refractivity contribution in [3.8, 4) is 0 Å². The van der Waals surface area contributed by atoms with Crippen LogP contribution in [0.1, 0.15) is 24.5 Å². The van der Waals surface area contributed by atoms with E-state index in [9.17, 15) is 18.0 Å². The summed E-state index contributed by atoms with van der Waals surface area (Å²) in [6, 6.07) is 8.31. The summed E-state index contributed by atoms with van der Waals surface area (Å²) in [6.07, 6.45) is -4.86. The van der Waals surface area contributed by atoms with Gasteiger partial charge in [-0.1, -0.05) is 30.3 Å². The minimum Gasteiger partial charge on any atom is -0.435 e. The highest BCUT2D eigenvalue weighted by atomic mass is 19.4. The monoisotopic (exact) mass is 285 g/mol. The van der Waals surface area contributed by atoms with Crippen molar-refractivity contribution in [2.24, 2.45) is 0 Å². The average molecular weight is 285 g/mol. The molecule has 0 fully saturated rings. The van der Waals surface area contributed by atoms with Crippen LogP contribution in [-0.2, 0) is 15.7 Å². The third kappa shape index (κ3) is 3.14. The molecule has 0 radical (unpaired) electrons. The Morgan fingerprint density at radius 1 is 1.30 bits per heavy atom. The summed E-state index contributed by atoms with van der Waals surface area (Å²) in [5.74, 6) is -1.92. The molecule has 0 saturated heterocycles. The highest BCUT2D eigenvalue weighted by molar-refractivity contribution is 5.66. The Hall–Kier alpha value is -2.38. The van der Waals surface area contributed by atoms with E-state index in [4.69, 9.17) is 4.74 Å². The average Bonchev–Trinajstić information content (AvgIpc) is 2.86. The van der Waals surface area contributed by atoms with Crippen molar-refractivity contribution in [3.63, 3.8) is 0 Å². The fraction of sp³-hybridized carbons (Fsp3) is 0.250. The maximum atomic E-state index is 12.5. The molecule has 2 rings (SSSR count). The quantitative estimate of drug-likeness (QED) is 0.813. The minimum atomic E-state index is -4.65. The number of hydrogen-bond acceptors (Lipinski definition) is 4. The number of nitrogens with zero attached hydrogens (tertiary/aromatic N) is 3. The number of halogens is 3. The van der Waals surface area contributed by atoms with Crippen LogP contribution in [0.25, 0.3) is 0 Å². The van der Waals surface area contributed by atoms with Crippen molar-refractivity contribution >= 4 is 5.97 Å². The molecule has 0 aliphatic carbocycles. The molecule has 20 heavy (non-hydrogen) atoms. The fourth-order valence-corrected chi connectivity index (χ4v) is 1.57. The Morgan fingerprint density at radius 3 is 2.45 bits per heavy atom. The normalized spacial score (nSPS) is 13.0. The molecule has 0 amide bonds. The first-order valence-electron chi connectivity index (χ1n) is 5.58. The van der Waals surface area contributed by atoms with Crippen molar-refractivity contribution in [1.29, 1.82) is 0 Å². The molecule has 0 saturated carbocycles. The molecule has 106 valence electrons. The third-order valence-electron chi connectivity index (χ3n) is 2.36. The number of carbonyl (C=O) groups is 1. The highest BCUT2D eigenvalue weighted by Gasteiger charge is 2.36. The largest absolute Gasteiger partial charge is 0.453 e. The number of benzene rings is 1. The van der Waals surface area contributed by atoms with E-state index in [1.165, 1.54) is 0 Å². The molecular formula is C12H10F3N3O2. The molecule has 1 aromatic heterocycles. The first-order valence-corrected chi connectivity index (χ1v) is 5.58. The van der Waals surface area contributed by atoms with E-state index in [0.29, 0.717) is 5.56 Å². The fourth-order valence-electron chi connectivity index (χ4n) is 1.57. The molecule has 8 heteroatoms. The van der Waals surface area contributed by atoms with Gasteiger partial charge in [-0.25, -0.2) is 9.67 Å². The van der Waals surface area contributed by atoms with E-state index in [0.717, 1.165) is 17.9 Å². The smallest absolute Gasteiger partial charge is 0.435 e. The molecule has 1 atom stereocenters. The molecule has 1 aromatic carbocycles.